The first kappa shape index (κ1) is 21.2. The number of furan rings is 1. The summed E-state index contributed by atoms with van der Waals surface area (Å²) in [5.41, 5.74) is 7.64. The number of nitrogens with zero attached hydrogens (tertiary/aromatic N) is 5. The molecule has 31 heavy (non-hydrogen) atoms. The molecule has 1 saturated heterocycles. The molecule has 0 aliphatic carbocycles. The highest BCUT2D eigenvalue weighted by Crippen LogP contribution is 2.23. The Balaban J connectivity index is 1.59. The molecular formula is C22H29N7O2. The molecule has 1 aliphatic heterocycles. The Morgan fingerprint density at radius 2 is 2.10 bits per heavy atom. The highest BCUT2D eigenvalue weighted by molar-refractivity contribution is 5.91. The molecule has 1 fully saturated rings. The van der Waals surface area contributed by atoms with E-state index in [0.717, 1.165) is 43.1 Å². The Kier molecular flexibility index (Phi) is 6.15. The summed E-state index contributed by atoms with van der Waals surface area (Å²) in [6.07, 6.45) is 2.19. The fourth-order valence-corrected chi connectivity index (χ4v) is 4.01. The zero-order valence-electron chi connectivity index (χ0n) is 18.3. The van der Waals surface area contributed by atoms with Crippen molar-refractivity contribution in [3.8, 4) is 17.4 Å². The van der Waals surface area contributed by atoms with Crippen molar-refractivity contribution < 1.29 is 9.21 Å². The quantitative estimate of drug-likeness (QED) is 0.626. The van der Waals surface area contributed by atoms with Crippen LogP contribution < -0.4 is 11.1 Å². The molecule has 4 rings (SSSR count). The van der Waals surface area contributed by atoms with Gasteiger partial charge in [-0.25, -0.2) is 14.6 Å². The summed E-state index contributed by atoms with van der Waals surface area (Å²) >= 11 is 0. The first-order chi connectivity index (χ1) is 14.9. The van der Waals surface area contributed by atoms with Crippen LogP contribution in [0.4, 0.5) is 5.82 Å². The van der Waals surface area contributed by atoms with Gasteiger partial charge in [-0.2, -0.15) is 5.10 Å². The summed E-state index contributed by atoms with van der Waals surface area (Å²) in [5, 5.41) is 7.44. The fraction of sp³-hybridized carbons (Fsp3) is 0.455. The second-order valence-corrected chi connectivity index (χ2v) is 8.21. The summed E-state index contributed by atoms with van der Waals surface area (Å²) in [6.45, 7) is 8.47. The highest BCUT2D eigenvalue weighted by Gasteiger charge is 2.21. The minimum Gasteiger partial charge on any atom is -0.458 e. The number of carbonyl (C=O) groups is 1. The Morgan fingerprint density at radius 3 is 2.77 bits per heavy atom. The number of nitrogens with two attached hydrogens (primary N) is 1. The van der Waals surface area contributed by atoms with Crippen LogP contribution in [-0.2, 0) is 4.79 Å². The number of amides is 1. The molecule has 0 saturated carbocycles. The third kappa shape index (κ3) is 5.00. The Labute approximate surface area is 181 Å². The predicted octanol–water partition coefficient (Wildman–Crippen LogP) is 2.46. The number of piperidine rings is 1. The van der Waals surface area contributed by atoms with Crippen LogP contribution >= 0.6 is 0 Å². The molecule has 1 atom stereocenters. The van der Waals surface area contributed by atoms with Gasteiger partial charge in [0.15, 0.2) is 17.4 Å². The fourth-order valence-electron chi connectivity index (χ4n) is 4.01. The van der Waals surface area contributed by atoms with Crippen molar-refractivity contribution >= 4 is 11.7 Å². The van der Waals surface area contributed by atoms with Crippen LogP contribution in [0.2, 0.25) is 0 Å². The van der Waals surface area contributed by atoms with E-state index in [0.29, 0.717) is 42.2 Å². The van der Waals surface area contributed by atoms with Crippen LogP contribution in [0, 0.1) is 26.7 Å². The van der Waals surface area contributed by atoms with E-state index in [1.54, 1.807) is 10.7 Å². The van der Waals surface area contributed by atoms with Crippen molar-refractivity contribution in [3.05, 3.63) is 41.4 Å². The SMILES string of the molecule is Cc1cc(C)n(-c2cc(NC(=O)CN3CCC[C@H](CN)C3)nc(-c3ccc(C)o3)n2)n1. The minimum absolute atomic E-state index is 0.114. The molecule has 164 valence electrons. The third-order valence-electron chi connectivity index (χ3n) is 5.47. The zero-order valence-corrected chi connectivity index (χ0v) is 18.3. The van der Waals surface area contributed by atoms with E-state index in [4.69, 9.17) is 10.2 Å². The van der Waals surface area contributed by atoms with Crippen molar-refractivity contribution in [1.82, 2.24) is 24.6 Å². The second-order valence-electron chi connectivity index (χ2n) is 8.21. The summed E-state index contributed by atoms with van der Waals surface area (Å²) in [6, 6.07) is 7.38. The molecule has 3 aromatic rings. The lowest BCUT2D eigenvalue weighted by Crippen LogP contribution is -2.42. The van der Waals surface area contributed by atoms with Crippen LogP contribution in [0.3, 0.4) is 0 Å². The minimum atomic E-state index is -0.114. The molecule has 0 unspecified atom stereocenters. The third-order valence-corrected chi connectivity index (χ3v) is 5.47. The van der Waals surface area contributed by atoms with Crippen molar-refractivity contribution in [1.29, 1.82) is 0 Å². The van der Waals surface area contributed by atoms with Crippen LogP contribution in [-0.4, -0.2) is 56.7 Å². The molecule has 3 N–H and O–H groups in total. The topological polar surface area (TPSA) is 115 Å². The van der Waals surface area contributed by atoms with Crippen molar-refractivity contribution in [2.75, 3.05) is 31.5 Å². The van der Waals surface area contributed by atoms with Crippen LogP contribution in [0.1, 0.15) is 30.0 Å². The molecule has 1 amide bonds. The normalized spacial score (nSPS) is 17.1. The molecule has 9 heteroatoms. The van der Waals surface area contributed by atoms with Gasteiger partial charge in [-0.15, -0.1) is 0 Å². The summed E-state index contributed by atoms with van der Waals surface area (Å²) < 4.78 is 7.45. The number of likely N-dealkylation sites (tertiary alicyclic amines) is 1. The van der Waals surface area contributed by atoms with Crippen LogP contribution in [0.5, 0.6) is 0 Å². The maximum absolute atomic E-state index is 12.8. The first-order valence-corrected chi connectivity index (χ1v) is 10.6. The van der Waals surface area contributed by atoms with E-state index in [1.165, 1.54) is 0 Å². The Hall–Kier alpha value is -3.04. The maximum Gasteiger partial charge on any atom is 0.239 e. The van der Waals surface area contributed by atoms with E-state index in [1.807, 2.05) is 39.0 Å². The second kappa shape index (κ2) is 8.99. The summed E-state index contributed by atoms with van der Waals surface area (Å²) in [7, 11) is 0. The number of carbonyl (C=O) groups excluding carboxylic acids is 1. The summed E-state index contributed by atoms with van der Waals surface area (Å²) in [4.78, 5) is 24.1. The van der Waals surface area contributed by atoms with Gasteiger partial charge >= 0.3 is 0 Å². The van der Waals surface area contributed by atoms with Gasteiger partial charge in [-0.05, 0) is 70.8 Å². The Bertz CT molecular complexity index is 1070. The van der Waals surface area contributed by atoms with Crippen molar-refractivity contribution in [3.63, 3.8) is 0 Å². The smallest absolute Gasteiger partial charge is 0.239 e. The molecule has 0 bridgehead atoms. The van der Waals surface area contributed by atoms with Crippen LogP contribution in [0.15, 0.2) is 28.7 Å². The van der Waals surface area contributed by atoms with Crippen molar-refractivity contribution in [2.45, 2.75) is 33.6 Å². The van der Waals surface area contributed by atoms with Crippen molar-refractivity contribution in [2.24, 2.45) is 11.7 Å². The Morgan fingerprint density at radius 1 is 1.26 bits per heavy atom. The molecule has 0 radical (unpaired) electrons. The van der Waals surface area contributed by atoms with Gasteiger partial charge in [0.1, 0.15) is 11.6 Å². The number of anilines is 1. The van der Waals surface area contributed by atoms with E-state index in [9.17, 15) is 4.79 Å². The first-order valence-electron chi connectivity index (χ1n) is 10.6. The van der Waals surface area contributed by atoms with E-state index >= 15 is 0 Å². The van der Waals surface area contributed by atoms with Gasteiger partial charge < -0.3 is 15.5 Å². The number of nitrogens with one attached hydrogen (secondary N) is 1. The molecule has 4 heterocycles. The molecule has 1 aliphatic rings. The number of aryl methyl sites for hydroxylation is 3. The largest absolute Gasteiger partial charge is 0.458 e. The van der Waals surface area contributed by atoms with Crippen LogP contribution in [0.25, 0.3) is 17.4 Å². The number of rotatable bonds is 6. The molecule has 0 spiro atoms. The molecule has 3 aromatic heterocycles. The predicted molar refractivity (Wildman–Crippen MR) is 118 cm³/mol. The number of hydrogen-bond acceptors (Lipinski definition) is 7. The maximum atomic E-state index is 12.8. The lowest BCUT2D eigenvalue weighted by atomic mass is 9.98. The monoisotopic (exact) mass is 423 g/mol. The van der Waals surface area contributed by atoms with E-state index in [-0.39, 0.29) is 5.91 Å². The number of hydrogen-bond donors (Lipinski definition) is 2. The van der Waals surface area contributed by atoms with E-state index < -0.39 is 0 Å². The lowest BCUT2D eigenvalue weighted by Gasteiger charge is -2.31. The average Bonchev–Trinajstić information content (AvgIpc) is 3.32. The van der Waals surface area contributed by atoms with Gasteiger partial charge in [0.25, 0.3) is 0 Å². The summed E-state index contributed by atoms with van der Waals surface area (Å²) in [5.74, 6) is 3.03. The van der Waals surface area contributed by atoms with Gasteiger partial charge in [0.2, 0.25) is 5.91 Å². The lowest BCUT2D eigenvalue weighted by molar-refractivity contribution is -0.117. The molecule has 0 aromatic carbocycles. The van der Waals surface area contributed by atoms with E-state index in [2.05, 4.69) is 25.3 Å². The van der Waals surface area contributed by atoms with Gasteiger partial charge in [0, 0.05) is 18.3 Å². The average molecular weight is 424 g/mol. The number of aromatic nitrogens is 4. The zero-order chi connectivity index (χ0) is 22.0. The van der Waals surface area contributed by atoms with Gasteiger partial charge in [-0.3, -0.25) is 9.69 Å². The highest BCUT2D eigenvalue weighted by atomic mass is 16.3. The van der Waals surface area contributed by atoms with Gasteiger partial charge in [-0.1, -0.05) is 0 Å². The molecular weight excluding hydrogens is 394 g/mol. The standard InChI is InChI=1S/C22H29N7O2/c1-14-9-15(2)29(27-14)20-10-19(25-22(26-20)18-7-6-16(3)31-18)24-21(30)13-28-8-4-5-17(11-23)12-28/h6-7,9-10,17H,4-5,8,11-13,23H2,1-3H3,(H,24,25,26,30)/t17-/m1/s1. The van der Waals surface area contributed by atoms with Gasteiger partial charge in [0.05, 0.1) is 12.2 Å². The molecule has 9 nitrogen and oxygen atoms in total.